The maximum Gasteiger partial charge on any atom is 0.223 e. The van der Waals surface area contributed by atoms with Crippen LogP contribution >= 0.6 is 15.9 Å². The molecule has 2 rings (SSSR count). The van der Waals surface area contributed by atoms with Crippen LogP contribution in [0, 0.1) is 0 Å². The van der Waals surface area contributed by atoms with Gasteiger partial charge in [0.05, 0.1) is 12.1 Å². The molecule has 98 valence electrons. The van der Waals surface area contributed by atoms with Gasteiger partial charge in [0.25, 0.3) is 0 Å². The molecule has 1 amide bonds. The number of carbonyl (C=O) groups excluding carboxylic acids is 1. The number of likely N-dealkylation sites (tertiary alicyclic amines) is 1. The fourth-order valence-corrected chi connectivity index (χ4v) is 3.19. The van der Waals surface area contributed by atoms with E-state index in [-0.39, 0.29) is 18.0 Å². The van der Waals surface area contributed by atoms with Crippen molar-refractivity contribution in [1.29, 1.82) is 0 Å². The fraction of sp³-hybridized carbons (Fsp3) is 0.500. The molecule has 3 atom stereocenters. The minimum absolute atomic E-state index is 0.141. The van der Waals surface area contributed by atoms with E-state index < -0.39 is 6.10 Å². The van der Waals surface area contributed by atoms with Crippen molar-refractivity contribution in [3.63, 3.8) is 0 Å². The first kappa shape index (κ1) is 13.6. The van der Waals surface area contributed by atoms with E-state index in [1.807, 2.05) is 42.2 Å². The highest BCUT2D eigenvalue weighted by Gasteiger charge is 2.36. The summed E-state index contributed by atoms with van der Waals surface area (Å²) in [6.45, 7) is 1.91. The molecule has 1 aliphatic rings. The molecule has 1 N–H and O–H groups in total. The van der Waals surface area contributed by atoms with Crippen LogP contribution < -0.4 is 0 Å². The highest BCUT2D eigenvalue weighted by Crippen LogP contribution is 2.29. The van der Waals surface area contributed by atoms with Crippen LogP contribution in [-0.4, -0.2) is 33.3 Å². The first-order valence-corrected chi connectivity index (χ1v) is 7.37. The highest BCUT2D eigenvalue weighted by molar-refractivity contribution is 9.09. The molecule has 0 aliphatic carbocycles. The van der Waals surface area contributed by atoms with Crippen LogP contribution in [0.4, 0.5) is 0 Å². The van der Waals surface area contributed by atoms with Gasteiger partial charge in [-0.15, -0.1) is 0 Å². The number of aliphatic hydroxyl groups excluding tert-OH is 1. The number of hydrogen-bond donors (Lipinski definition) is 1. The van der Waals surface area contributed by atoms with Crippen molar-refractivity contribution >= 4 is 21.8 Å². The van der Waals surface area contributed by atoms with Gasteiger partial charge in [-0.2, -0.15) is 0 Å². The largest absolute Gasteiger partial charge is 0.386 e. The number of rotatable bonds is 4. The zero-order chi connectivity index (χ0) is 13.1. The molecule has 0 aromatic heterocycles. The van der Waals surface area contributed by atoms with E-state index in [0.717, 1.165) is 17.3 Å². The van der Waals surface area contributed by atoms with Crippen molar-refractivity contribution in [1.82, 2.24) is 4.90 Å². The van der Waals surface area contributed by atoms with Crippen LogP contribution in [0.15, 0.2) is 30.3 Å². The maximum absolute atomic E-state index is 11.9. The normalized spacial score (nSPS) is 23.2. The molecule has 3 nitrogen and oxygen atoms in total. The molecule has 1 aromatic rings. The Balaban J connectivity index is 2.15. The monoisotopic (exact) mass is 311 g/mol. The SMILES string of the molecule is C[C@@H]([C@H](O)c1ccccc1)N1C(=O)CC[C@H]1CBr. The second-order valence-corrected chi connectivity index (χ2v) is 5.39. The summed E-state index contributed by atoms with van der Waals surface area (Å²) in [6, 6.07) is 9.52. The van der Waals surface area contributed by atoms with Crippen molar-refractivity contribution < 1.29 is 9.90 Å². The summed E-state index contributed by atoms with van der Waals surface area (Å²) in [5.74, 6) is 0.141. The summed E-state index contributed by atoms with van der Waals surface area (Å²) >= 11 is 3.44. The van der Waals surface area contributed by atoms with Gasteiger partial charge >= 0.3 is 0 Å². The number of hydrogen-bond acceptors (Lipinski definition) is 2. The van der Waals surface area contributed by atoms with Crippen molar-refractivity contribution in [3.8, 4) is 0 Å². The Hall–Kier alpha value is -0.870. The zero-order valence-corrected chi connectivity index (χ0v) is 12.0. The summed E-state index contributed by atoms with van der Waals surface area (Å²) in [5, 5.41) is 11.1. The average molecular weight is 312 g/mol. The predicted molar refractivity (Wildman–Crippen MR) is 74.5 cm³/mol. The van der Waals surface area contributed by atoms with Crippen molar-refractivity contribution in [2.75, 3.05) is 5.33 Å². The van der Waals surface area contributed by atoms with Gasteiger partial charge in [0, 0.05) is 17.8 Å². The molecular weight excluding hydrogens is 294 g/mol. The Morgan fingerprint density at radius 3 is 2.72 bits per heavy atom. The van der Waals surface area contributed by atoms with Crippen LogP contribution in [0.5, 0.6) is 0 Å². The third kappa shape index (κ3) is 2.59. The van der Waals surface area contributed by atoms with Crippen molar-refractivity contribution in [3.05, 3.63) is 35.9 Å². The van der Waals surface area contributed by atoms with Crippen LogP contribution in [0.1, 0.15) is 31.4 Å². The molecule has 1 fully saturated rings. The third-order valence-electron chi connectivity index (χ3n) is 3.59. The first-order chi connectivity index (χ1) is 8.65. The Kier molecular flexibility index (Phi) is 4.40. The molecule has 0 radical (unpaired) electrons. The molecular formula is C14H18BrNO2. The number of aliphatic hydroxyl groups is 1. The van der Waals surface area contributed by atoms with Crippen molar-refractivity contribution in [2.24, 2.45) is 0 Å². The number of benzene rings is 1. The summed E-state index contributed by atoms with van der Waals surface area (Å²) in [5.41, 5.74) is 0.859. The number of halogens is 1. The maximum atomic E-state index is 11.9. The minimum Gasteiger partial charge on any atom is -0.386 e. The van der Waals surface area contributed by atoms with E-state index in [0.29, 0.717) is 6.42 Å². The molecule has 1 aliphatic heterocycles. The van der Waals surface area contributed by atoms with E-state index in [9.17, 15) is 9.90 Å². The van der Waals surface area contributed by atoms with Gasteiger partial charge in [-0.1, -0.05) is 46.3 Å². The Morgan fingerprint density at radius 1 is 1.44 bits per heavy atom. The lowest BCUT2D eigenvalue weighted by Crippen LogP contribution is -2.44. The molecule has 4 heteroatoms. The minimum atomic E-state index is -0.630. The number of amides is 1. The first-order valence-electron chi connectivity index (χ1n) is 6.25. The lowest BCUT2D eigenvalue weighted by molar-refractivity contribution is -0.133. The quantitative estimate of drug-likeness (QED) is 0.868. The molecule has 0 saturated carbocycles. The van der Waals surface area contributed by atoms with Gasteiger partial charge in [-0.05, 0) is 18.9 Å². The third-order valence-corrected chi connectivity index (χ3v) is 4.34. The standard InChI is InChI=1S/C14H18BrNO2/c1-10(14(18)11-5-3-2-4-6-11)16-12(9-15)7-8-13(16)17/h2-6,10,12,14,18H,7-9H2,1H3/t10-,12-,14-/m0/s1. The lowest BCUT2D eigenvalue weighted by atomic mass is 10.0. The fourth-order valence-electron chi connectivity index (χ4n) is 2.55. The Labute approximate surface area is 116 Å². The van der Waals surface area contributed by atoms with Gasteiger partial charge in [0.15, 0.2) is 0 Å². The van der Waals surface area contributed by atoms with E-state index in [1.54, 1.807) is 0 Å². The summed E-state index contributed by atoms with van der Waals surface area (Å²) in [4.78, 5) is 13.7. The topological polar surface area (TPSA) is 40.5 Å². The molecule has 0 bridgehead atoms. The van der Waals surface area contributed by atoms with Crippen molar-refractivity contribution in [2.45, 2.75) is 38.0 Å². The second kappa shape index (κ2) is 5.85. The molecule has 1 saturated heterocycles. The molecule has 0 spiro atoms. The van der Waals surface area contributed by atoms with Gasteiger partial charge < -0.3 is 10.0 Å². The molecule has 0 unspecified atom stereocenters. The summed E-state index contributed by atoms with van der Waals surface area (Å²) in [6.07, 6.45) is 0.827. The smallest absolute Gasteiger partial charge is 0.223 e. The van der Waals surface area contributed by atoms with Gasteiger partial charge in [-0.3, -0.25) is 4.79 Å². The van der Waals surface area contributed by atoms with Gasteiger partial charge in [-0.25, -0.2) is 0 Å². The van der Waals surface area contributed by atoms with Crippen LogP contribution in [0.2, 0.25) is 0 Å². The van der Waals surface area contributed by atoms with E-state index in [1.165, 1.54) is 0 Å². The summed E-state index contributed by atoms with van der Waals surface area (Å²) in [7, 11) is 0. The molecule has 1 heterocycles. The highest BCUT2D eigenvalue weighted by atomic mass is 79.9. The van der Waals surface area contributed by atoms with Crippen LogP contribution in [0.3, 0.4) is 0 Å². The number of alkyl halides is 1. The molecule has 1 aromatic carbocycles. The Morgan fingerprint density at radius 2 is 2.11 bits per heavy atom. The van der Waals surface area contributed by atoms with E-state index >= 15 is 0 Å². The van der Waals surface area contributed by atoms with E-state index in [2.05, 4.69) is 15.9 Å². The zero-order valence-electron chi connectivity index (χ0n) is 10.4. The lowest BCUT2D eigenvalue weighted by Gasteiger charge is -2.33. The number of nitrogens with zero attached hydrogens (tertiary/aromatic N) is 1. The predicted octanol–water partition coefficient (Wildman–Crippen LogP) is 2.49. The van der Waals surface area contributed by atoms with Gasteiger partial charge in [0.1, 0.15) is 0 Å². The summed E-state index contributed by atoms with van der Waals surface area (Å²) < 4.78 is 0. The van der Waals surface area contributed by atoms with Crippen LogP contribution in [0.25, 0.3) is 0 Å². The molecule has 18 heavy (non-hydrogen) atoms. The average Bonchev–Trinajstić information content (AvgIpc) is 2.79. The van der Waals surface area contributed by atoms with Gasteiger partial charge in [0.2, 0.25) is 5.91 Å². The number of carbonyl (C=O) groups is 1. The Bertz CT molecular complexity index is 410. The second-order valence-electron chi connectivity index (χ2n) is 4.74. The van der Waals surface area contributed by atoms with Crippen LogP contribution in [-0.2, 0) is 4.79 Å². The van der Waals surface area contributed by atoms with E-state index in [4.69, 9.17) is 0 Å².